The maximum Gasteiger partial charge on any atom is 0.410 e. The molecule has 0 aromatic heterocycles. The number of hydrogen-bond acceptors (Lipinski definition) is 7. The van der Waals surface area contributed by atoms with E-state index in [2.05, 4.69) is 5.32 Å². The van der Waals surface area contributed by atoms with Crippen molar-refractivity contribution in [3.8, 4) is 0 Å². The minimum Gasteiger partial charge on any atom is -0.481 e. The van der Waals surface area contributed by atoms with Gasteiger partial charge in [0.1, 0.15) is 11.2 Å². The van der Waals surface area contributed by atoms with Crippen molar-refractivity contribution in [3.05, 3.63) is 71.8 Å². The number of likely N-dealkylation sites (tertiary alicyclic amines) is 2. The van der Waals surface area contributed by atoms with Crippen LogP contribution in [0.2, 0.25) is 0 Å². The molecule has 3 amide bonds. The second-order valence-electron chi connectivity index (χ2n) is 12.4. The Hall–Kier alpha value is -3.39. The molecule has 11 nitrogen and oxygen atoms in total. The standard InChI is InChI=1S/C16H22N2O3.C9H15NO4.C7H9N.CH3I.CH4/c1-16(2,3)21-15(20)18-10-13(11-18)14(19)17-9-12-7-5-4-6-8-12;1-9(2,3)14-8(13)10-4-6(5-10)7(11)12;8-6-7-4-2-1-3-5-7;1-2;/h4-8,13H,9-11H2,1-3H3,(H,17,19);6H,4-5H2,1-3H3,(H,11,12);1-5H,6,8H2;1H3;1H4/i;;;1D;. The van der Waals surface area contributed by atoms with E-state index in [9.17, 15) is 19.2 Å². The first kappa shape index (κ1) is 40.6. The number of carbonyl (C=O) groups is 4. The van der Waals surface area contributed by atoms with E-state index in [1.165, 1.54) is 10.5 Å². The lowest BCUT2D eigenvalue weighted by molar-refractivity contribution is -0.146. The van der Waals surface area contributed by atoms with Gasteiger partial charge in [-0.2, -0.15) is 0 Å². The smallest absolute Gasteiger partial charge is 0.410 e. The van der Waals surface area contributed by atoms with Crippen LogP contribution >= 0.6 is 22.6 Å². The number of amides is 3. The minimum atomic E-state index is -0.857. The topological polar surface area (TPSA) is 152 Å². The summed E-state index contributed by atoms with van der Waals surface area (Å²) in [5.41, 5.74) is 6.58. The lowest BCUT2D eigenvalue weighted by Crippen LogP contribution is -2.56. The molecule has 2 aromatic carbocycles. The molecule has 2 aliphatic rings. The number of halogens is 1. The third-order valence-electron chi connectivity index (χ3n) is 6.17. The first-order valence-electron chi connectivity index (χ1n) is 15.3. The molecule has 258 valence electrons. The van der Waals surface area contributed by atoms with Gasteiger partial charge in [0, 0.05) is 40.6 Å². The number of rotatable bonds is 5. The summed E-state index contributed by atoms with van der Waals surface area (Å²) in [5, 5.41) is 11.5. The van der Waals surface area contributed by atoms with Crippen molar-refractivity contribution in [2.24, 2.45) is 17.6 Å². The summed E-state index contributed by atoms with van der Waals surface area (Å²) in [4.78, 5) is 48.9. The first-order valence-corrected chi connectivity index (χ1v) is 16.1. The molecule has 12 heteroatoms. The number of nitrogens with one attached hydrogen (secondary N) is 1. The third-order valence-corrected chi connectivity index (χ3v) is 6.17. The van der Waals surface area contributed by atoms with E-state index < -0.39 is 29.2 Å². The van der Waals surface area contributed by atoms with Crippen LogP contribution in [0.4, 0.5) is 9.59 Å². The number of nitrogens with zero attached hydrogens (tertiary/aromatic N) is 2. The van der Waals surface area contributed by atoms with Crippen LogP contribution in [0, 0.1) is 11.8 Å². The average Bonchev–Trinajstić information content (AvgIpc) is 2.90. The molecule has 0 spiro atoms. The summed E-state index contributed by atoms with van der Waals surface area (Å²) in [5.74, 6) is -1.44. The van der Waals surface area contributed by atoms with E-state index >= 15 is 0 Å². The molecule has 46 heavy (non-hydrogen) atoms. The monoisotopic (exact) mass is 757 g/mol. The predicted molar refractivity (Wildman–Crippen MR) is 190 cm³/mol. The molecule has 2 fully saturated rings. The molecule has 0 radical (unpaired) electrons. The number of aliphatic carboxylic acids is 1. The molecule has 0 bridgehead atoms. The third kappa shape index (κ3) is 16.8. The summed E-state index contributed by atoms with van der Waals surface area (Å²) in [6.07, 6.45) is -0.787. The molecule has 2 aliphatic heterocycles. The fraction of sp³-hybridized carbons (Fsp3) is 0.529. The van der Waals surface area contributed by atoms with Gasteiger partial charge in [-0.05, 0) is 57.6 Å². The van der Waals surface area contributed by atoms with Crippen LogP contribution in [0.15, 0.2) is 60.7 Å². The fourth-order valence-corrected chi connectivity index (χ4v) is 3.77. The molecule has 0 atom stereocenters. The number of alkyl halides is 1. The Morgan fingerprint density at radius 2 is 1.20 bits per heavy atom. The van der Waals surface area contributed by atoms with Crippen LogP contribution in [-0.4, -0.2) is 81.3 Å². The molecule has 2 heterocycles. The Morgan fingerprint density at radius 3 is 1.52 bits per heavy atom. The van der Waals surface area contributed by atoms with Crippen molar-refractivity contribution in [2.45, 2.75) is 73.3 Å². The number of carboxylic acid groups (broad SMARTS) is 1. The van der Waals surface area contributed by atoms with Gasteiger partial charge in [0.15, 0.2) is 0 Å². The van der Waals surface area contributed by atoms with Gasteiger partial charge in [0.2, 0.25) is 5.91 Å². The van der Waals surface area contributed by atoms with Gasteiger partial charge in [-0.1, -0.05) is 90.7 Å². The molecule has 2 aromatic rings. The molecular weight excluding hydrogens is 703 g/mol. The molecular formula is C34H53IN4O7. The van der Waals surface area contributed by atoms with Crippen molar-refractivity contribution in [1.82, 2.24) is 15.1 Å². The Labute approximate surface area is 289 Å². The Bertz CT molecular complexity index is 1210. The Balaban J connectivity index is 0.000000700. The summed E-state index contributed by atoms with van der Waals surface area (Å²) in [7, 11) is 0. The van der Waals surface area contributed by atoms with E-state index in [0.29, 0.717) is 31.1 Å². The molecule has 0 aliphatic carbocycles. The number of benzene rings is 2. The van der Waals surface area contributed by atoms with Crippen LogP contribution in [0.5, 0.6) is 0 Å². The molecule has 0 unspecified atom stereocenters. The maximum absolute atomic E-state index is 12.0. The first-order chi connectivity index (χ1) is 21.5. The molecule has 4 N–H and O–H groups in total. The quantitative estimate of drug-likeness (QED) is 0.251. The number of nitrogens with two attached hydrogens (primary N) is 1. The highest BCUT2D eigenvalue weighted by atomic mass is 127. The number of hydrogen-bond donors (Lipinski definition) is 3. The summed E-state index contributed by atoms with van der Waals surface area (Å²) in [6, 6.07) is 19.7. The zero-order valence-corrected chi connectivity index (χ0v) is 29.3. The van der Waals surface area contributed by atoms with Gasteiger partial charge in [0.05, 0.1) is 11.8 Å². The van der Waals surface area contributed by atoms with E-state index in [4.69, 9.17) is 21.7 Å². The van der Waals surface area contributed by atoms with Crippen LogP contribution in [0.3, 0.4) is 0 Å². The normalized spacial score (nSPS) is 14.3. The van der Waals surface area contributed by atoms with Crippen molar-refractivity contribution >= 4 is 46.7 Å². The van der Waals surface area contributed by atoms with E-state index in [0.717, 1.165) is 5.56 Å². The summed E-state index contributed by atoms with van der Waals surface area (Å²) in [6.45, 7) is 13.3. The SMILES string of the molecule is C.CC(C)(C)OC(=O)N1CC(C(=O)NCc2ccccc2)C1.CC(C)(C)OC(=O)N1CC(C(=O)O)C1.NCc1ccccc1.[2H]CI. The average molecular weight is 758 g/mol. The second kappa shape index (κ2) is 20.7. The van der Waals surface area contributed by atoms with Crippen molar-refractivity contribution in [2.75, 3.05) is 31.1 Å². The lowest BCUT2D eigenvalue weighted by Gasteiger charge is -2.38. The second-order valence-corrected chi connectivity index (χ2v) is 12.4. The fourth-order valence-electron chi connectivity index (χ4n) is 3.77. The maximum atomic E-state index is 12.0. The Kier molecular flexibility index (Phi) is 18.3. The van der Waals surface area contributed by atoms with E-state index in [1.54, 1.807) is 25.7 Å². The number of carboxylic acids is 1. The summed E-state index contributed by atoms with van der Waals surface area (Å²) < 4.78 is 16.5. The minimum absolute atomic E-state index is 0. The van der Waals surface area contributed by atoms with Gasteiger partial charge in [-0.25, -0.2) is 9.59 Å². The highest BCUT2D eigenvalue weighted by Gasteiger charge is 2.38. The molecule has 2 saturated heterocycles. The van der Waals surface area contributed by atoms with Crippen molar-refractivity contribution in [1.29, 1.82) is 0 Å². The zero-order valence-electron chi connectivity index (χ0n) is 28.1. The molecule has 0 saturated carbocycles. The van der Waals surface area contributed by atoms with E-state index in [-0.39, 0.29) is 38.4 Å². The summed E-state index contributed by atoms with van der Waals surface area (Å²) >= 11 is 1.96. The predicted octanol–water partition coefficient (Wildman–Crippen LogP) is 5.94. The van der Waals surface area contributed by atoms with Gasteiger partial charge in [0.25, 0.3) is 0 Å². The van der Waals surface area contributed by atoms with Gasteiger partial charge in [-0.3, -0.25) is 9.59 Å². The van der Waals surface area contributed by atoms with Crippen LogP contribution in [-0.2, 0) is 32.2 Å². The van der Waals surface area contributed by atoms with Crippen LogP contribution < -0.4 is 11.1 Å². The zero-order chi connectivity index (χ0) is 34.9. The lowest BCUT2D eigenvalue weighted by atomic mass is 10.00. The number of carbonyl (C=O) groups excluding carboxylic acids is 3. The van der Waals surface area contributed by atoms with Crippen molar-refractivity contribution < 1.29 is 35.1 Å². The highest BCUT2D eigenvalue weighted by Crippen LogP contribution is 2.20. The largest absolute Gasteiger partial charge is 0.481 e. The van der Waals surface area contributed by atoms with Gasteiger partial charge < -0.3 is 35.4 Å². The van der Waals surface area contributed by atoms with Crippen molar-refractivity contribution in [3.63, 3.8) is 0 Å². The van der Waals surface area contributed by atoms with E-state index in [1.807, 2.05) is 104 Å². The van der Waals surface area contributed by atoms with Gasteiger partial charge in [-0.15, -0.1) is 0 Å². The Morgan fingerprint density at radius 1 is 0.826 bits per heavy atom. The van der Waals surface area contributed by atoms with Crippen LogP contribution in [0.25, 0.3) is 0 Å². The number of ether oxygens (including phenoxy) is 2. The molecule has 4 rings (SSSR count). The van der Waals surface area contributed by atoms with Crippen LogP contribution in [0.1, 0.15) is 61.5 Å². The highest BCUT2D eigenvalue weighted by molar-refractivity contribution is 14.1. The van der Waals surface area contributed by atoms with Gasteiger partial charge >= 0.3 is 18.2 Å².